The molecule has 1 fully saturated rings. The van der Waals surface area contributed by atoms with Gasteiger partial charge in [-0.1, -0.05) is 0 Å². The molecule has 1 saturated heterocycles. The molecule has 0 unspecified atom stereocenters. The Kier molecular flexibility index (Phi) is 2.58. The zero-order valence-electron chi connectivity index (χ0n) is 9.83. The fourth-order valence-electron chi connectivity index (χ4n) is 2.04. The molecule has 0 spiro atoms. The molecule has 0 aromatic heterocycles. The summed E-state index contributed by atoms with van der Waals surface area (Å²) < 4.78 is 13.8. The molecule has 1 heterocycles. The smallest absolute Gasteiger partial charge is 0.257 e. The van der Waals surface area contributed by atoms with Crippen LogP contribution in [0.4, 0.5) is 10.1 Å². The van der Waals surface area contributed by atoms with Crippen LogP contribution in [0.2, 0.25) is 0 Å². The highest BCUT2D eigenvalue weighted by Crippen LogP contribution is 2.25. The van der Waals surface area contributed by atoms with Crippen molar-refractivity contribution in [2.75, 3.05) is 18.8 Å². The highest BCUT2D eigenvalue weighted by Gasteiger charge is 2.40. The Bertz CT molecular complexity index is 478. The molecule has 0 saturated carbocycles. The van der Waals surface area contributed by atoms with Crippen molar-refractivity contribution in [2.24, 2.45) is 0 Å². The molecule has 92 valence electrons. The van der Waals surface area contributed by atoms with Crippen molar-refractivity contribution in [1.82, 2.24) is 4.90 Å². The molecule has 1 aromatic rings. The van der Waals surface area contributed by atoms with Crippen molar-refractivity contribution in [2.45, 2.75) is 19.4 Å². The lowest BCUT2D eigenvalue weighted by molar-refractivity contribution is -0.0670. The molecule has 0 bridgehead atoms. The number of amides is 1. The summed E-state index contributed by atoms with van der Waals surface area (Å²) in [7, 11) is 0. The summed E-state index contributed by atoms with van der Waals surface area (Å²) in [5.41, 5.74) is 5.41. The Labute approximate surface area is 98.8 Å². The number of hydrogen-bond donors (Lipinski definition) is 2. The van der Waals surface area contributed by atoms with Crippen molar-refractivity contribution in [3.05, 3.63) is 29.1 Å². The number of likely N-dealkylation sites (tertiary alicyclic amines) is 1. The number of rotatable bonds is 1. The third-order valence-electron chi connectivity index (χ3n) is 2.86. The van der Waals surface area contributed by atoms with Crippen molar-refractivity contribution in [3.8, 4) is 0 Å². The SMILES string of the molecule is Cc1cc(N)cc(C(=O)N2CC(C)(O)C2)c1F. The van der Waals surface area contributed by atoms with Crippen molar-refractivity contribution < 1.29 is 14.3 Å². The van der Waals surface area contributed by atoms with E-state index in [2.05, 4.69) is 0 Å². The quantitative estimate of drug-likeness (QED) is 0.715. The fraction of sp³-hybridized carbons (Fsp3) is 0.417. The van der Waals surface area contributed by atoms with Crippen LogP contribution in [-0.4, -0.2) is 34.6 Å². The highest BCUT2D eigenvalue weighted by atomic mass is 19.1. The normalized spacial score (nSPS) is 17.8. The van der Waals surface area contributed by atoms with E-state index in [0.717, 1.165) is 0 Å². The summed E-state index contributed by atoms with van der Waals surface area (Å²) in [4.78, 5) is 13.4. The third kappa shape index (κ3) is 2.10. The molecule has 0 aliphatic carbocycles. The molecule has 4 nitrogen and oxygen atoms in total. The lowest BCUT2D eigenvalue weighted by Gasteiger charge is -2.44. The number of aryl methyl sites for hydroxylation is 1. The first-order valence-electron chi connectivity index (χ1n) is 5.37. The van der Waals surface area contributed by atoms with Crippen LogP contribution in [-0.2, 0) is 0 Å². The summed E-state index contributed by atoms with van der Waals surface area (Å²) >= 11 is 0. The number of nitrogens with zero attached hydrogens (tertiary/aromatic N) is 1. The summed E-state index contributed by atoms with van der Waals surface area (Å²) in [6.45, 7) is 3.64. The number of halogens is 1. The van der Waals surface area contributed by atoms with Gasteiger partial charge in [0.15, 0.2) is 0 Å². The van der Waals surface area contributed by atoms with Crippen LogP contribution in [0.3, 0.4) is 0 Å². The van der Waals surface area contributed by atoms with Gasteiger partial charge in [0.05, 0.1) is 24.3 Å². The van der Waals surface area contributed by atoms with E-state index in [4.69, 9.17) is 5.73 Å². The number of anilines is 1. The Hall–Kier alpha value is -1.62. The predicted octanol–water partition coefficient (Wildman–Crippen LogP) is 0.923. The number of aliphatic hydroxyl groups is 1. The van der Waals surface area contributed by atoms with Crippen molar-refractivity contribution in [3.63, 3.8) is 0 Å². The minimum absolute atomic E-state index is 0.0296. The Morgan fingerprint density at radius 3 is 2.65 bits per heavy atom. The van der Waals surface area contributed by atoms with E-state index in [0.29, 0.717) is 11.3 Å². The van der Waals surface area contributed by atoms with Crippen LogP contribution in [0.1, 0.15) is 22.8 Å². The predicted molar refractivity (Wildman–Crippen MR) is 62.1 cm³/mol. The van der Waals surface area contributed by atoms with Crippen molar-refractivity contribution >= 4 is 11.6 Å². The van der Waals surface area contributed by atoms with Crippen molar-refractivity contribution in [1.29, 1.82) is 0 Å². The Morgan fingerprint density at radius 2 is 2.12 bits per heavy atom. The Balaban J connectivity index is 2.26. The standard InChI is InChI=1S/C12H15FN2O2/c1-7-3-8(14)4-9(10(7)13)11(16)15-5-12(2,17)6-15/h3-4,17H,5-6,14H2,1-2H3. The molecular formula is C12H15FN2O2. The maximum atomic E-state index is 13.8. The lowest BCUT2D eigenvalue weighted by Crippen LogP contribution is -2.61. The zero-order valence-corrected chi connectivity index (χ0v) is 9.83. The first-order valence-corrected chi connectivity index (χ1v) is 5.37. The van der Waals surface area contributed by atoms with Gasteiger partial charge < -0.3 is 15.7 Å². The molecule has 0 atom stereocenters. The largest absolute Gasteiger partial charge is 0.399 e. The van der Waals surface area contributed by atoms with E-state index in [9.17, 15) is 14.3 Å². The zero-order chi connectivity index (χ0) is 12.8. The summed E-state index contributed by atoms with van der Waals surface area (Å²) in [5, 5.41) is 9.55. The average Bonchev–Trinajstić information content (AvgIpc) is 2.18. The van der Waals surface area contributed by atoms with E-state index in [-0.39, 0.29) is 18.7 Å². The number of nitrogens with two attached hydrogens (primary N) is 1. The fourth-order valence-corrected chi connectivity index (χ4v) is 2.04. The van der Waals surface area contributed by atoms with Gasteiger partial charge in [0.1, 0.15) is 5.82 Å². The molecule has 1 aliphatic heterocycles. The van der Waals surface area contributed by atoms with Crippen LogP contribution in [0.25, 0.3) is 0 Å². The molecule has 5 heteroatoms. The van der Waals surface area contributed by atoms with Gasteiger partial charge in [-0.25, -0.2) is 4.39 Å². The molecule has 0 radical (unpaired) electrons. The van der Waals surface area contributed by atoms with Gasteiger partial charge in [-0.15, -0.1) is 0 Å². The maximum absolute atomic E-state index is 13.8. The van der Waals surface area contributed by atoms with Crippen LogP contribution in [0, 0.1) is 12.7 Å². The monoisotopic (exact) mass is 238 g/mol. The minimum atomic E-state index is -0.860. The van der Waals surface area contributed by atoms with Crippen LogP contribution in [0.5, 0.6) is 0 Å². The summed E-state index contributed by atoms with van der Waals surface area (Å²) in [6.07, 6.45) is 0. The maximum Gasteiger partial charge on any atom is 0.257 e. The van der Waals surface area contributed by atoms with Gasteiger partial charge in [-0.2, -0.15) is 0 Å². The number of nitrogen functional groups attached to an aromatic ring is 1. The molecule has 3 N–H and O–H groups in total. The third-order valence-corrected chi connectivity index (χ3v) is 2.86. The Morgan fingerprint density at radius 1 is 1.53 bits per heavy atom. The number of carbonyl (C=O) groups is 1. The minimum Gasteiger partial charge on any atom is -0.399 e. The van der Waals surface area contributed by atoms with Gasteiger partial charge >= 0.3 is 0 Å². The highest BCUT2D eigenvalue weighted by molar-refractivity contribution is 5.96. The topological polar surface area (TPSA) is 66.6 Å². The first-order chi connectivity index (χ1) is 7.80. The lowest BCUT2D eigenvalue weighted by atomic mass is 9.95. The molecule has 1 aliphatic rings. The van der Waals surface area contributed by atoms with Gasteiger partial charge in [-0.3, -0.25) is 4.79 Å². The van der Waals surface area contributed by atoms with E-state index in [1.54, 1.807) is 13.8 Å². The van der Waals surface area contributed by atoms with E-state index >= 15 is 0 Å². The van der Waals surface area contributed by atoms with E-state index < -0.39 is 17.3 Å². The second kappa shape index (κ2) is 3.70. The van der Waals surface area contributed by atoms with Gasteiger partial charge in [0.25, 0.3) is 5.91 Å². The number of benzene rings is 1. The van der Waals surface area contributed by atoms with Crippen LogP contribution >= 0.6 is 0 Å². The van der Waals surface area contributed by atoms with Crippen LogP contribution in [0.15, 0.2) is 12.1 Å². The molecule has 2 rings (SSSR count). The first kappa shape index (κ1) is 11.9. The second-order valence-corrected chi connectivity index (χ2v) is 4.86. The second-order valence-electron chi connectivity index (χ2n) is 4.86. The molecule has 17 heavy (non-hydrogen) atoms. The number of carbonyl (C=O) groups excluding carboxylic acids is 1. The number of hydrogen-bond acceptors (Lipinski definition) is 3. The molecular weight excluding hydrogens is 223 g/mol. The van der Waals surface area contributed by atoms with Gasteiger partial charge in [0, 0.05) is 5.69 Å². The molecule has 1 aromatic carbocycles. The van der Waals surface area contributed by atoms with E-state index in [1.807, 2.05) is 0 Å². The molecule has 1 amide bonds. The van der Waals surface area contributed by atoms with Crippen LogP contribution < -0.4 is 5.73 Å². The van der Waals surface area contributed by atoms with Gasteiger partial charge in [-0.05, 0) is 31.5 Å². The van der Waals surface area contributed by atoms with E-state index in [1.165, 1.54) is 17.0 Å². The number of β-amino-alcohol motifs (C(OH)–C–C–N with tert-alkyl or cyclic N) is 1. The summed E-state index contributed by atoms with van der Waals surface area (Å²) in [5.74, 6) is -0.972. The summed E-state index contributed by atoms with van der Waals surface area (Å²) in [6, 6.07) is 2.82. The van der Waals surface area contributed by atoms with Gasteiger partial charge in [0.2, 0.25) is 0 Å². The average molecular weight is 238 g/mol.